The average Bonchev–Trinajstić information content (AvgIpc) is 2.26. The highest BCUT2D eigenvalue weighted by atomic mass is 16.3. The normalized spacial score (nSPS) is 31.2. The molecule has 3 heteroatoms. The minimum Gasteiger partial charge on any atom is -0.391 e. The first-order chi connectivity index (χ1) is 5.92. The fourth-order valence-electron chi connectivity index (χ4n) is 2.02. The van der Waals surface area contributed by atoms with Gasteiger partial charge in [0.05, 0.1) is 11.7 Å². The molecule has 2 atom stereocenters. The smallest absolute Gasteiger partial charge is 0.0718 e. The fourth-order valence-corrected chi connectivity index (χ4v) is 2.02. The van der Waals surface area contributed by atoms with Crippen molar-refractivity contribution in [2.24, 2.45) is 5.92 Å². The molecule has 3 nitrogen and oxygen atoms in total. The third-order valence-electron chi connectivity index (χ3n) is 2.62. The summed E-state index contributed by atoms with van der Waals surface area (Å²) in [7, 11) is 0. The summed E-state index contributed by atoms with van der Waals surface area (Å²) in [5.41, 5.74) is -0.650. The molecule has 1 aliphatic heterocycles. The molecule has 0 spiro atoms. The number of hydrogen-bond donors (Lipinski definition) is 2. The van der Waals surface area contributed by atoms with E-state index in [1.807, 2.05) is 0 Å². The molecular weight excluding hydrogens is 166 g/mol. The number of rotatable bonds is 3. The van der Waals surface area contributed by atoms with Crippen LogP contribution in [0.4, 0.5) is 0 Å². The van der Waals surface area contributed by atoms with Gasteiger partial charge in [-0.3, -0.25) is 4.90 Å². The Morgan fingerprint density at radius 3 is 2.38 bits per heavy atom. The van der Waals surface area contributed by atoms with Crippen molar-refractivity contribution in [1.29, 1.82) is 0 Å². The van der Waals surface area contributed by atoms with Crippen LogP contribution >= 0.6 is 0 Å². The molecular formula is C10H21NO2. The lowest BCUT2D eigenvalue weighted by Gasteiger charge is -2.24. The second-order valence-corrected chi connectivity index (χ2v) is 4.74. The number of likely N-dealkylation sites (tertiary alicyclic amines) is 1. The van der Waals surface area contributed by atoms with E-state index >= 15 is 0 Å². The third kappa shape index (κ3) is 3.25. The number of hydrogen-bond acceptors (Lipinski definition) is 3. The van der Waals surface area contributed by atoms with Gasteiger partial charge in [-0.25, -0.2) is 0 Å². The highest BCUT2D eigenvalue weighted by molar-refractivity contribution is 4.85. The van der Waals surface area contributed by atoms with Gasteiger partial charge in [0.2, 0.25) is 0 Å². The van der Waals surface area contributed by atoms with Crippen LogP contribution in [-0.4, -0.2) is 46.5 Å². The van der Waals surface area contributed by atoms with Crippen LogP contribution < -0.4 is 0 Å². The third-order valence-corrected chi connectivity index (χ3v) is 2.62. The topological polar surface area (TPSA) is 43.7 Å². The maximum absolute atomic E-state index is 9.63. The summed E-state index contributed by atoms with van der Waals surface area (Å²) >= 11 is 0. The van der Waals surface area contributed by atoms with Crippen molar-refractivity contribution in [2.45, 2.75) is 38.9 Å². The minimum atomic E-state index is -0.650. The van der Waals surface area contributed by atoms with E-state index < -0.39 is 5.60 Å². The Morgan fingerprint density at radius 2 is 2.00 bits per heavy atom. The van der Waals surface area contributed by atoms with E-state index in [1.165, 1.54) is 0 Å². The van der Waals surface area contributed by atoms with Crippen LogP contribution in [0.25, 0.3) is 0 Å². The number of nitrogens with zero attached hydrogens (tertiary/aromatic N) is 1. The Bertz CT molecular complexity index is 165. The van der Waals surface area contributed by atoms with Gasteiger partial charge in [-0.15, -0.1) is 0 Å². The lowest BCUT2D eigenvalue weighted by Crippen LogP contribution is -2.37. The Balaban J connectivity index is 2.40. The number of β-amino-alcohol motifs (C(OH)–C–C–N with tert-alkyl or cyclic N) is 2. The van der Waals surface area contributed by atoms with Gasteiger partial charge >= 0.3 is 0 Å². The zero-order valence-corrected chi connectivity index (χ0v) is 8.82. The van der Waals surface area contributed by atoms with Crippen molar-refractivity contribution >= 4 is 0 Å². The van der Waals surface area contributed by atoms with Crippen molar-refractivity contribution in [2.75, 3.05) is 19.6 Å². The Morgan fingerprint density at radius 1 is 1.38 bits per heavy atom. The van der Waals surface area contributed by atoms with Crippen LogP contribution in [0.3, 0.4) is 0 Å². The van der Waals surface area contributed by atoms with Gasteiger partial charge < -0.3 is 10.2 Å². The summed E-state index contributed by atoms with van der Waals surface area (Å²) in [5.74, 6) is 0.391. The van der Waals surface area contributed by atoms with Crippen LogP contribution in [0.5, 0.6) is 0 Å². The summed E-state index contributed by atoms with van der Waals surface area (Å²) in [6.07, 6.45) is 0.816. The summed E-state index contributed by atoms with van der Waals surface area (Å²) in [6.45, 7) is 7.99. The second-order valence-electron chi connectivity index (χ2n) is 4.74. The van der Waals surface area contributed by atoms with Gasteiger partial charge in [-0.2, -0.15) is 0 Å². The van der Waals surface area contributed by atoms with Crippen LogP contribution in [0.1, 0.15) is 27.2 Å². The standard InChI is InChI=1S/C10H21NO2/c1-4-8-5-11(6-9(8)12)7-10(2,3)13/h8-9,12-13H,4-7H2,1-3H3. The van der Waals surface area contributed by atoms with E-state index in [1.54, 1.807) is 13.8 Å². The maximum Gasteiger partial charge on any atom is 0.0718 e. The fraction of sp³-hybridized carbons (Fsp3) is 1.00. The Hall–Kier alpha value is -0.120. The molecule has 0 aromatic heterocycles. The first kappa shape index (κ1) is 11.0. The predicted octanol–water partition coefficient (Wildman–Crippen LogP) is 0.460. The molecule has 0 amide bonds. The molecule has 2 N–H and O–H groups in total. The molecule has 1 fully saturated rings. The highest BCUT2D eigenvalue weighted by Gasteiger charge is 2.32. The summed E-state index contributed by atoms with van der Waals surface area (Å²) in [6, 6.07) is 0. The predicted molar refractivity (Wildman–Crippen MR) is 52.5 cm³/mol. The Kier molecular flexibility index (Phi) is 3.33. The van der Waals surface area contributed by atoms with E-state index in [2.05, 4.69) is 11.8 Å². The van der Waals surface area contributed by atoms with Crippen LogP contribution in [0.2, 0.25) is 0 Å². The maximum atomic E-state index is 9.63. The average molecular weight is 187 g/mol. The van der Waals surface area contributed by atoms with E-state index in [0.717, 1.165) is 13.0 Å². The molecule has 0 aromatic rings. The van der Waals surface area contributed by atoms with Crippen molar-refractivity contribution in [1.82, 2.24) is 4.90 Å². The van der Waals surface area contributed by atoms with E-state index in [9.17, 15) is 10.2 Å². The zero-order valence-electron chi connectivity index (χ0n) is 8.82. The molecule has 2 unspecified atom stereocenters. The van der Waals surface area contributed by atoms with Gasteiger partial charge in [0, 0.05) is 19.6 Å². The molecule has 1 rings (SSSR count). The molecule has 0 bridgehead atoms. The van der Waals surface area contributed by atoms with Crippen molar-refractivity contribution < 1.29 is 10.2 Å². The highest BCUT2D eigenvalue weighted by Crippen LogP contribution is 2.21. The molecule has 0 aliphatic carbocycles. The van der Waals surface area contributed by atoms with Crippen molar-refractivity contribution in [3.05, 3.63) is 0 Å². The van der Waals surface area contributed by atoms with Crippen LogP contribution in [-0.2, 0) is 0 Å². The molecule has 0 radical (unpaired) electrons. The van der Waals surface area contributed by atoms with Gasteiger partial charge in [-0.1, -0.05) is 6.92 Å². The quantitative estimate of drug-likeness (QED) is 0.674. The first-order valence-electron chi connectivity index (χ1n) is 5.05. The molecule has 1 saturated heterocycles. The Labute approximate surface area is 80.4 Å². The minimum absolute atomic E-state index is 0.202. The van der Waals surface area contributed by atoms with Crippen molar-refractivity contribution in [3.63, 3.8) is 0 Å². The van der Waals surface area contributed by atoms with Gasteiger partial charge in [0.1, 0.15) is 0 Å². The zero-order chi connectivity index (χ0) is 10.1. The van der Waals surface area contributed by atoms with Crippen LogP contribution in [0, 0.1) is 5.92 Å². The van der Waals surface area contributed by atoms with Gasteiger partial charge in [0.15, 0.2) is 0 Å². The largest absolute Gasteiger partial charge is 0.391 e. The van der Waals surface area contributed by atoms with Crippen molar-refractivity contribution in [3.8, 4) is 0 Å². The first-order valence-corrected chi connectivity index (χ1v) is 5.05. The lowest BCUT2D eigenvalue weighted by atomic mass is 10.0. The molecule has 1 aliphatic rings. The van der Waals surface area contributed by atoms with E-state index in [4.69, 9.17) is 0 Å². The lowest BCUT2D eigenvalue weighted by molar-refractivity contribution is 0.0398. The molecule has 0 saturated carbocycles. The molecule has 1 heterocycles. The summed E-state index contributed by atoms with van der Waals surface area (Å²) < 4.78 is 0. The molecule has 78 valence electrons. The molecule has 0 aromatic carbocycles. The SMILES string of the molecule is CCC1CN(CC(C)(C)O)CC1O. The summed E-state index contributed by atoms with van der Waals surface area (Å²) in [5, 5.41) is 19.2. The second kappa shape index (κ2) is 3.95. The van der Waals surface area contributed by atoms with Gasteiger partial charge in [-0.05, 0) is 26.2 Å². The van der Waals surface area contributed by atoms with E-state index in [0.29, 0.717) is 19.0 Å². The number of aliphatic hydroxyl groups excluding tert-OH is 1. The van der Waals surface area contributed by atoms with E-state index in [-0.39, 0.29) is 6.10 Å². The van der Waals surface area contributed by atoms with Gasteiger partial charge in [0.25, 0.3) is 0 Å². The number of aliphatic hydroxyl groups is 2. The molecule has 13 heavy (non-hydrogen) atoms. The summed E-state index contributed by atoms with van der Waals surface area (Å²) in [4.78, 5) is 2.14. The monoisotopic (exact) mass is 187 g/mol. The van der Waals surface area contributed by atoms with Crippen LogP contribution in [0.15, 0.2) is 0 Å².